The molecule has 1 fully saturated rings. The number of thiocarbonyl (C=S) groups is 1. The molecule has 0 unspecified atom stereocenters. The van der Waals surface area contributed by atoms with Crippen LogP contribution in [-0.2, 0) is 4.79 Å². The van der Waals surface area contributed by atoms with Crippen molar-refractivity contribution in [2.45, 2.75) is 38.5 Å². The number of hydrogen-bond acceptors (Lipinski definition) is 3. The molecular weight excluding hydrogens is 248 g/mol. The van der Waals surface area contributed by atoms with Gasteiger partial charge >= 0.3 is 0 Å². The van der Waals surface area contributed by atoms with E-state index in [2.05, 4.69) is 15.5 Å². The molecule has 1 aliphatic rings. The summed E-state index contributed by atoms with van der Waals surface area (Å²) in [7, 11) is 0. The first-order valence-electron chi connectivity index (χ1n) is 6.25. The molecule has 1 amide bonds. The number of nitrogens with two attached hydrogens (primary N) is 1. The van der Waals surface area contributed by atoms with Crippen LogP contribution in [0.15, 0.2) is 12.4 Å². The van der Waals surface area contributed by atoms with Crippen LogP contribution in [0.4, 0.5) is 5.69 Å². The van der Waals surface area contributed by atoms with E-state index in [0.29, 0.717) is 10.7 Å². The van der Waals surface area contributed by atoms with Gasteiger partial charge in [-0.15, -0.1) is 0 Å². The van der Waals surface area contributed by atoms with E-state index in [0.717, 1.165) is 38.5 Å². The minimum absolute atomic E-state index is 0.0988. The first kappa shape index (κ1) is 13.0. The van der Waals surface area contributed by atoms with Crippen molar-refractivity contribution < 1.29 is 4.79 Å². The quantitative estimate of drug-likeness (QED) is 0.577. The van der Waals surface area contributed by atoms with Crippen molar-refractivity contribution in [1.29, 1.82) is 0 Å². The van der Waals surface area contributed by atoms with Crippen molar-refractivity contribution in [3.8, 4) is 0 Å². The van der Waals surface area contributed by atoms with E-state index < -0.39 is 5.41 Å². The van der Waals surface area contributed by atoms with Crippen LogP contribution in [0.5, 0.6) is 0 Å². The molecule has 18 heavy (non-hydrogen) atoms. The Morgan fingerprint density at radius 1 is 1.39 bits per heavy atom. The van der Waals surface area contributed by atoms with E-state index in [4.69, 9.17) is 18.0 Å². The molecule has 1 aliphatic carbocycles. The van der Waals surface area contributed by atoms with Crippen LogP contribution in [-0.4, -0.2) is 21.1 Å². The predicted molar refractivity (Wildman–Crippen MR) is 74.1 cm³/mol. The third-order valence-electron chi connectivity index (χ3n) is 3.62. The SMILES string of the molecule is NC(=S)C1(C(=O)Nc2cn[nH]c2)CCCCCC1. The van der Waals surface area contributed by atoms with Gasteiger partial charge in [0.05, 0.1) is 22.3 Å². The fourth-order valence-electron chi connectivity index (χ4n) is 2.49. The van der Waals surface area contributed by atoms with Crippen molar-refractivity contribution >= 4 is 28.8 Å². The van der Waals surface area contributed by atoms with E-state index in [1.807, 2.05) is 0 Å². The Labute approximate surface area is 112 Å². The van der Waals surface area contributed by atoms with Gasteiger partial charge < -0.3 is 11.1 Å². The number of nitrogens with one attached hydrogen (secondary N) is 2. The monoisotopic (exact) mass is 266 g/mol. The highest BCUT2D eigenvalue weighted by molar-refractivity contribution is 7.80. The molecule has 2 rings (SSSR count). The molecule has 1 aromatic heterocycles. The summed E-state index contributed by atoms with van der Waals surface area (Å²) in [6.07, 6.45) is 8.97. The molecule has 0 aromatic carbocycles. The molecule has 6 heteroatoms. The van der Waals surface area contributed by atoms with Crippen molar-refractivity contribution in [2.75, 3.05) is 5.32 Å². The zero-order valence-corrected chi connectivity index (χ0v) is 11.1. The third kappa shape index (κ3) is 2.53. The van der Waals surface area contributed by atoms with Crippen molar-refractivity contribution in [3.05, 3.63) is 12.4 Å². The predicted octanol–water partition coefficient (Wildman–Crippen LogP) is 1.97. The molecule has 0 bridgehead atoms. The zero-order valence-electron chi connectivity index (χ0n) is 10.2. The molecule has 0 spiro atoms. The number of aromatic nitrogens is 2. The van der Waals surface area contributed by atoms with Crippen molar-refractivity contribution in [3.63, 3.8) is 0 Å². The van der Waals surface area contributed by atoms with E-state index in [-0.39, 0.29) is 5.91 Å². The highest BCUT2D eigenvalue weighted by Crippen LogP contribution is 2.36. The Hall–Kier alpha value is -1.43. The Morgan fingerprint density at radius 2 is 2.06 bits per heavy atom. The molecule has 5 nitrogen and oxygen atoms in total. The maximum Gasteiger partial charge on any atom is 0.237 e. The largest absolute Gasteiger partial charge is 0.392 e. The Bertz CT molecular complexity index is 421. The van der Waals surface area contributed by atoms with Gasteiger partial charge in [-0.05, 0) is 12.8 Å². The molecule has 4 N–H and O–H groups in total. The number of rotatable bonds is 3. The second kappa shape index (κ2) is 5.48. The summed E-state index contributed by atoms with van der Waals surface area (Å²) in [6.45, 7) is 0. The number of aromatic amines is 1. The van der Waals surface area contributed by atoms with Gasteiger partial charge in [0.25, 0.3) is 0 Å². The van der Waals surface area contributed by atoms with Crippen LogP contribution in [0.25, 0.3) is 0 Å². The van der Waals surface area contributed by atoms with E-state index in [1.54, 1.807) is 12.4 Å². The molecule has 1 heterocycles. The smallest absolute Gasteiger partial charge is 0.237 e. The summed E-state index contributed by atoms with van der Waals surface area (Å²) in [5.74, 6) is -0.0988. The van der Waals surface area contributed by atoms with E-state index in [1.165, 1.54) is 0 Å². The topological polar surface area (TPSA) is 83.8 Å². The molecule has 1 saturated carbocycles. The average Bonchev–Trinajstić information content (AvgIpc) is 2.70. The number of anilines is 1. The lowest BCUT2D eigenvalue weighted by Gasteiger charge is -2.29. The summed E-state index contributed by atoms with van der Waals surface area (Å²) < 4.78 is 0. The third-order valence-corrected chi connectivity index (χ3v) is 4.01. The van der Waals surface area contributed by atoms with Crippen molar-refractivity contribution in [1.82, 2.24) is 10.2 Å². The van der Waals surface area contributed by atoms with Crippen LogP contribution >= 0.6 is 12.2 Å². The Kier molecular flexibility index (Phi) is 3.96. The molecule has 1 aromatic rings. The van der Waals surface area contributed by atoms with Gasteiger partial charge in [0.15, 0.2) is 0 Å². The Morgan fingerprint density at radius 3 is 2.56 bits per heavy atom. The van der Waals surface area contributed by atoms with Gasteiger partial charge in [0.2, 0.25) is 5.91 Å². The van der Waals surface area contributed by atoms with Gasteiger partial charge in [0, 0.05) is 6.20 Å². The van der Waals surface area contributed by atoms with Crippen LogP contribution in [0.2, 0.25) is 0 Å². The highest BCUT2D eigenvalue weighted by atomic mass is 32.1. The van der Waals surface area contributed by atoms with Crippen LogP contribution in [0.1, 0.15) is 38.5 Å². The number of nitrogens with zero attached hydrogens (tertiary/aromatic N) is 1. The van der Waals surface area contributed by atoms with Gasteiger partial charge in [0.1, 0.15) is 0 Å². The molecule has 0 atom stereocenters. The van der Waals surface area contributed by atoms with Crippen LogP contribution < -0.4 is 11.1 Å². The summed E-state index contributed by atoms with van der Waals surface area (Å²) >= 11 is 5.15. The molecule has 0 saturated heterocycles. The fourth-order valence-corrected chi connectivity index (χ4v) is 2.78. The summed E-state index contributed by atoms with van der Waals surface area (Å²) in [5.41, 5.74) is 5.81. The summed E-state index contributed by atoms with van der Waals surface area (Å²) in [4.78, 5) is 12.8. The maximum atomic E-state index is 12.5. The normalized spacial score (nSPS) is 18.9. The number of amides is 1. The maximum absolute atomic E-state index is 12.5. The minimum Gasteiger partial charge on any atom is -0.392 e. The average molecular weight is 266 g/mol. The first-order chi connectivity index (χ1) is 8.65. The number of carbonyl (C=O) groups excluding carboxylic acids is 1. The molecular formula is C12H18N4OS. The summed E-state index contributed by atoms with van der Waals surface area (Å²) in [5, 5.41) is 9.31. The standard InChI is InChI=1S/C12H18N4OS/c13-10(18)12(5-3-1-2-4-6-12)11(17)16-9-7-14-15-8-9/h7-8H,1-6H2,(H2,13,18)(H,14,15)(H,16,17). The minimum atomic E-state index is -0.691. The Balaban J connectivity index is 2.18. The van der Waals surface area contributed by atoms with E-state index >= 15 is 0 Å². The zero-order chi connectivity index (χ0) is 13.0. The molecule has 98 valence electrons. The van der Waals surface area contributed by atoms with E-state index in [9.17, 15) is 4.79 Å². The lowest BCUT2D eigenvalue weighted by molar-refractivity contribution is -0.122. The van der Waals surface area contributed by atoms with Gasteiger partial charge in [-0.2, -0.15) is 5.10 Å². The number of carbonyl (C=O) groups is 1. The second-order valence-corrected chi connectivity index (χ2v) is 5.24. The van der Waals surface area contributed by atoms with Crippen molar-refractivity contribution in [2.24, 2.45) is 11.1 Å². The van der Waals surface area contributed by atoms with Gasteiger partial charge in [-0.1, -0.05) is 37.9 Å². The first-order valence-corrected chi connectivity index (χ1v) is 6.66. The summed E-state index contributed by atoms with van der Waals surface area (Å²) in [6, 6.07) is 0. The van der Waals surface area contributed by atoms with Crippen LogP contribution in [0.3, 0.4) is 0 Å². The van der Waals surface area contributed by atoms with Gasteiger partial charge in [-0.3, -0.25) is 9.89 Å². The lowest BCUT2D eigenvalue weighted by atomic mass is 9.79. The molecule has 0 aliphatic heterocycles. The fraction of sp³-hybridized carbons (Fsp3) is 0.583. The van der Waals surface area contributed by atoms with Gasteiger partial charge in [-0.25, -0.2) is 0 Å². The number of hydrogen-bond donors (Lipinski definition) is 3. The molecule has 0 radical (unpaired) electrons. The number of H-pyrrole nitrogens is 1. The highest BCUT2D eigenvalue weighted by Gasteiger charge is 2.41. The lowest BCUT2D eigenvalue weighted by Crippen LogP contribution is -2.45. The van der Waals surface area contributed by atoms with Crippen LogP contribution in [0, 0.1) is 5.41 Å². The second-order valence-electron chi connectivity index (χ2n) is 4.80.